The van der Waals surface area contributed by atoms with Crippen molar-refractivity contribution in [2.45, 2.75) is 13.5 Å². The molecule has 0 aliphatic heterocycles. The second-order valence-electron chi connectivity index (χ2n) is 4.24. The molecular formula is C11H17N5O4. The minimum atomic E-state index is -0.590. The van der Waals surface area contributed by atoms with Crippen LogP contribution in [0.15, 0.2) is 10.5 Å². The molecule has 9 heteroatoms. The standard InChI is InChI=1S/C11H17N5O4/c1-6-7(2-8(20-6)11(19)15-14)3-16(4-9(12)17)5-10(13)18/h2H,3-5,14H2,1H3,(H2,12,17)(H2,13,18)(H,15,19). The molecule has 0 unspecified atom stereocenters. The number of carbonyl (C=O) groups is 3. The fourth-order valence-corrected chi connectivity index (χ4v) is 1.71. The Morgan fingerprint density at radius 3 is 2.25 bits per heavy atom. The van der Waals surface area contributed by atoms with E-state index in [4.69, 9.17) is 21.7 Å². The summed E-state index contributed by atoms with van der Waals surface area (Å²) in [5, 5.41) is 0. The average Bonchev–Trinajstić information content (AvgIpc) is 2.68. The van der Waals surface area contributed by atoms with E-state index in [1.165, 1.54) is 11.0 Å². The molecule has 0 aliphatic rings. The third kappa shape index (κ3) is 4.37. The highest BCUT2D eigenvalue weighted by Gasteiger charge is 2.18. The minimum Gasteiger partial charge on any atom is -0.456 e. The van der Waals surface area contributed by atoms with Crippen molar-refractivity contribution in [3.63, 3.8) is 0 Å². The second-order valence-corrected chi connectivity index (χ2v) is 4.24. The fraction of sp³-hybridized carbons (Fsp3) is 0.364. The first-order valence-corrected chi connectivity index (χ1v) is 5.72. The summed E-state index contributed by atoms with van der Waals surface area (Å²) in [5.74, 6) is 3.76. The van der Waals surface area contributed by atoms with Crippen LogP contribution in [0.4, 0.5) is 0 Å². The van der Waals surface area contributed by atoms with Crippen LogP contribution >= 0.6 is 0 Å². The Morgan fingerprint density at radius 1 is 1.25 bits per heavy atom. The van der Waals surface area contributed by atoms with Gasteiger partial charge < -0.3 is 15.9 Å². The number of hydrogen-bond acceptors (Lipinski definition) is 6. The van der Waals surface area contributed by atoms with Crippen molar-refractivity contribution in [3.8, 4) is 0 Å². The number of nitrogens with one attached hydrogen (secondary N) is 1. The van der Waals surface area contributed by atoms with Gasteiger partial charge in [-0.25, -0.2) is 5.84 Å². The number of aryl methyl sites for hydroxylation is 1. The number of furan rings is 1. The van der Waals surface area contributed by atoms with Gasteiger partial charge in [-0.1, -0.05) is 0 Å². The van der Waals surface area contributed by atoms with Crippen LogP contribution in [0.1, 0.15) is 21.9 Å². The van der Waals surface area contributed by atoms with Crippen molar-refractivity contribution in [3.05, 3.63) is 23.2 Å². The van der Waals surface area contributed by atoms with Crippen LogP contribution < -0.4 is 22.7 Å². The van der Waals surface area contributed by atoms with Crippen molar-refractivity contribution in [2.24, 2.45) is 17.3 Å². The van der Waals surface area contributed by atoms with Crippen molar-refractivity contribution >= 4 is 17.7 Å². The largest absolute Gasteiger partial charge is 0.456 e. The van der Waals surface area contributed by atoms with Crippen molar-refractivity contribution in [1.29, 1.82) is 0 Å². The maximum absolute atomic E-state index is 11.3. The lowest BCUT2D eigenvalue weighted by Gasteiger charge is -2.18. The van der Waals surface area contributed by atoms with Gasteiger partial charge >= 0.3 is 5.91 Å². The van der Waals surface area contributed by atoms with Crippen LogP contribution in [-0.4, -0.2) is 35.7 Å². The molecule has 20 heavy (non-hydrogen) atoms. The van der Waals surface area contributed by atoms with Gasteiger partial charge in [-0.2, -0.15) is 0 Å². The summed E-state index contributed by atoms with van der Waals surface area (Å²) >= 11 is 0. The SMILES string of the molecule is Cc1oc(C(=O)NN)cc1CN(CC(N)=O)CC(N)=O. The zero-order chi connectivity index (χ0) is 15.3. The van der Waals surface area contributed by atoms with Gasteiger partial charge in [0.05, 0.1) is 13.1 Å². The highest BCUT2D eigenvalue weighted by atomic mass is 16.4. The lowest BCUT2D eigenvalue weighted by molar-refractivity contribution is -0.122. The summed E-state index contributed by atoms with van der Waals surface area (Å²) in [5.41, 5.74) is 12.8. The number of carbonyl (C=O) groups excluding carboxylic acids is 3. The van der Waals surface area contributed by atoms with E-state index in [0.717, 1.165) is 0 Å². The van der Waals surface area contributed by atoms with Gasteiger partial charge in [0.1, 0.15) is 5.76 Å². The van der Waals surface area contributed by atoms with Crippen LogP contribution in [0, 0.1) is 6.92 Å². The maximum Gasteiger partial charge on any atom is 0.300 e. The van der Waals surface area contributed by atoms with Gasteiger partial charge in [0.15, 0.2) is 5.76 Å². The van der Waals surface area contributed by atoms with Gasteiger partial charge in [0, 0.05) is 12.1 Å². The molecule has 1 aromatic rings. The second kappa shape index (κ2) is 6.68. The molecule has 0 spiro atoms. The Balaban J connectivity index is 2.87. The number of nitrogen functional groups attached to an aromatic ring is 1. The fourth-order valence-electron chi connectivity index (χ4n) is 1.71. The molecule has 1 aromatic heterocycles. The van der Waals surface area contributed by atoms with Crippen LogP contribution in [0.3, 0.4) is 0 Å². The molecule has 7 N–H and O–H groups in total. The highest BCUT2D eigenvalue weighted by Crippen LogP contribution is 2.16. The van der Waals surface area contributed by atoms with E-state index in [0.29, 0.717) is 11.3 Å². The zero-order valence-corrected chi connectivity index (χ0v) is 11.0. The number of primary amides is 2. The van der Waals surface area contributed by atoms with Crippen LogP contribution in [0.2, 0.25) is 0 Å². The maximum atomic E-state index is 11.3. The van der Waals surface area contributed by atoms with Crippen LogP contribution in [0.5, 0.6) is 0 Å². The predicted octanol–water partition coefficient (Wildman–Crippen LogP) is -2.04. The molecule has 0 saturated heterocycles. The number of amides is 3. The Morgan fingerprint density at radius 2 is 1.80 bits per heavy atom. The van der Waals surface area contributed by atoms with E-state index >= 15 is 0 Å². The molecule has 9 nitrogen and oxygen atoms in total. The Kier molecular flexibility index (Phi) is 5.23. The third-order valence-corrected chi connectivity index (χ3v) is 2.53. The molecule has 1 rings (SSSR count). The molecule has 0 bridgehead atoms. The van der Waals surface area contributed by atoms with Crippen LogP contribution in [0.25, 0.3) is 0 Å². The summed E-state index contributed by atoms with van der Waals surface area (Å²) in [6.45, 7) is 1.58. The van der Waals surface area contributed by atoms with Gasteiger partial charge in [-0.3, -0.25) is 24.7 Å². The summed E-state index contributed by atoms with van der Waals surface area (Å²) in [6, 6.07) is 1.48. The van der Waals surface area contributed by atoms with Gasteiger partial charge in [0.25, 0.3) is 0 Å². The number of nitrogens with two attached hydrogens (primary N) is 3. The summed E-state index contributed by atoms with van der Waals surface area (Å²) < 4.78 is 5.23. The van der Waals surface area contributed by atoms with Crippen molar-refractivity contribution in [1.82, 2.24) is 10.3 Å². The highest BCUT2D eigenvalue weighted by molar-refractivity contribution is 5.91. The van der Waals surface area contributed by atoms with E-state index in [2.05, 4.69) is 0 Å². The molecule has 0 aliphatic carbocycles. The van der Waals surface area contributed by atoms with Gasteiger partial charge in [-0.15, -0.1) is 0 Å². The molecule has 1 heterocycles. The predicted molar refractivity (Wildman–Crippen MR) is 68.8 cm³/mol. The first kappa shape index (κ1) is 15.7. The molecule has 0 aromatic carbocycles. The molecule has 0 saturated carbocycles. The monoisotopic (exact) mass is 283 g/mol. The van der Waals surface area contributed by atoms with E-state index in [1.54, 1.807) is 6.92 Å². The number of nitrogens with zero attached hydrogens (tertiary/aromatic N) is 1. The van der Waals surface area contributed by atoms with Gasteiger partial charge in [-0.05, 0) is 13.0 Å². The quantitative estimate of drug-likeness (QED) is 0.256. The van der Waals surface area contributed by atoms with E-state index in [-0.39, 0.29) is 25.4 Å². The lowest BCUT2D eigenvalue weighted by atomic mass is 10.2. The molecule has 0 fully saturated rings. The van der Waals surface area contributed by atoms with Crippen LogP contribution in [-0.2, 0) is 16.1 Å². The smallest absolute Gasteiger partial charge is 0.300 e. The summed E-state index contributed by atoms with van der Waals surface area (Å²) in [7, 11) is 0. The molecule has 110 valence electrons. The number of hydrazine groups is 1. The third-order valence-electron chi connectivity index (χ3n) is 2.53. The number of rotatable bonds is 7. The van der Waals surface area contributed by atoms with E-state index in [1.807, 2.05) is 5.43 Å². The Labute approximate surface area is 115 Å². The van der Waals surface area contributed by atoms with Crippen molar-refractivity contribution in [2.75, 3.05) is 13.1 Å². The normalized spacial score (nSPS) is 10.6. The molecule has 0 radical (unpaired) electrons. The van der Waals surface area contributed by atoms with Crippen molar-refractivity contribution < 1.29 is 18.8 Å². The topological polar surface area (TPSA) is 158 Å². The molecule has 3 amide bonds. The zero-order valence-electron chi connectivity index (χ0n) is 11.0. The summed E-state index contributed by atoms with van der Waals surface area (Å²) in [4.78, 5) is 34.7. The first-order chi connectivity index (χ1) is 9.33. The number of hydrogen-bond donors (Lipinski definition) is 4. The average molecular weight is 283 g/mol. The summed E-state index contributed by atoms with van der Waals surface area (Å²) in [6.07, 6.45) is 0. The lowest BCUT2D eigenvalue weighted by Crippen LogP contribution is -2.39. The van der Waals surface area contributed by atoms with E-state index in [9.17, 15) is 14.4 Å². The van der Waals surface area contributed by atoms with E-state index < -0.39 is 17.7 Å². The Hall–Kier alpha value is -2.39. The Bertz CT molecular complexity index is 509. The first-order valence-electron chi connectivity index (χ1n) is 5.72. The molecular weight excluding hydrogens is 266 g/mol. The molecule has 0 atom stereocenters. The minimum absolute atomic E-state index is 0.0399. The van der Waals surface area contributed by atoms with Gasteiger partial charge in [0.2, 0.25) is 11.8 Å².